The maximum atomic E-state index is 3.47. The molecule has 2 rings (SSSR count). The first-order chi connectivity index (χ1) is 6.36. The van der Waals surface area contributed by atoms with Crippen molar-refractivity contribution in [1.82, 2.24) is 5.43 Å². The topological polar surface area (TPSA) is 15.3 Å². The Balaban J connectivity index is 2.08. The van der Waals surface area contributed by atoms with Gasteiger partial charge in [-0.05, 0) is 31.9 Å². The summed E-state index contributed by atoms with van der Waals surface area (Å²) in [5.41, 5.74) is 4.74. The van der Waals surface area contributed by atoms with Gasteiger partial charge in [-0.2, -0.15) is 0 Å². The number of para-hydroxylation sites is 1. The fraction of sp³-hybridized carbons (Fsp3) is 0.455. The summed E-state index contributed by atoms with van der Waals surface area (Å²) in [5.74, 6) is 0. The smallest absolute Gasteiger partial charge is 0.0519 e. The molecule has 1 aliphatic heterocycles. The Labute approximate surface area is 79.5 Å². The molecule has 13 heavy (non-hydrogen) atoms. The Morgan fingerprint density at radius 2 is 2.08 bits per heavy atom. The van der Waals surface area contributed by atoms with E-state index in [2.05, 4.69) is 47.7 Å². The number of nitrogens with one attached hydrogen (secondary N) is 1. The fourth-order valence-electron chi connectivity index (χ4n) is 1.76. The predicted molar refractivity (Wildman–Crippen MR) is 55.6 cm³/mol. The highest BCUT2D eigenvalue weighted by atomic mass is 15.5. The Hall–Kier alpha value is -1.02. The lowest BCUT2D eigenvalue weighted by atomic mass is 10.1. The predicted octanol–water partition coefficient (Wildman–Crippen LogP) is 2.18. The summed E-state index contributed by atoms with van der Waals surface area (Å²) in [5, 5.41) is 2.24. The molecule has 0 bridgehead atoms. The number of hydrogen-bond donors (Lipinski definition) is 1. The van der Waals surface area contributed by atoms with Crippen molar-refractivity contribution in [2.75, 3.05) is 11.6 Å². The first-order valence-electron chi connectivity index (χ1n) is 4.95. The van der Waals surface area contributed by atoms with E-state index in [0.717, 1.165) is 6.54 Å². The number of anilines is 1. The van der Waals surface area contributed by atoms with Crippen molar-refractivity contribution in [2.24, 2.45) is 0 Å². The zero-order valence-electron chi connectivity index (χ0n) is 8.03. The van der Waals surface area contributed by atoms with Crippen molar-refractivity contribution >= 4 is 5.69 Å². The van der Waals surface area contributed by atoms with Crippen LogP contribution in [0.4, 0.5) is 5.69 Å². The number of rotatable bonds is 1. The monoisotopic (exact) mass is 176 g/mol. The molecular formula is C11H16N2. The van der Waals surface area contributed by atoms with Crippen LogP contribution in [0.2, 0.25) is 0 Å². The Bertz CT molecular complexity index is 258. The molecular weight excluding hydrogens is 160 g/mol. The van der Waals surface area contributed by atoms with Crippen molar-refractivity contribution in [3.63, 3.8) is 0 Å². The van der Waals surface area contributed by atoms with E-state index in [4.69, 9.17) is 0 Å². The van der Waals surface area contributed by atoms with Gasteiger partial charge in [-0.25, -0.2) is 5.43 Å². The normalized spacial score (nSPS) is 23.2. The van der Waals surface area contributed by atoms with E-state index < -0.39 is 0 Å². The van der Waals surface area contributed by atoms with Gasteiger partial charge in [0.2, 0.25) is 0 Å². The first-order valence-corrected chi connectivity index (χ1v) is 4.95. The van der Waals surface area contributed by atoms with Gasteiger partial charge in [0, 0.05) is 12.6 Å². The van der Waals surface area contributed by atoms with Crippen LogP contribution in [0.1, 0.15) is 19.8 Å². The van der Waals surface area contributed by atoms with Crippen molar-refractivity contribution in [3.05, 3.63) is 30.3 Å². The van der Waals surface area contributed by atoms with Gasteiger partial charge >= 0.3 is 0 Å². The number of hydrogen-bond acceptors (Lipinski definition) is 2. The molecule has 2 nitrogen and oxygen atoms in total. The molecule has 0 amide bonds. The van der Waals surface area contributed by atoms with Gasteiger partial charge in [-0.15, -0.1) is 0 Å². The van der Waals surface area contributed by atoms with Crippen LogP contribution < -0.4 is 10.4 Å². The van der Waals surface area contributed by atoms with Gasteiger partial charge in [-0.3, -0.25) is 0 Å². The lowest BCUT2D eigenvalue weighted by Gasteiger charge is -2.33. The highest BCUT2D eigenvalue weighted by molar-refractivity contribution is 5.44. The Morgan fingerprint density at radius 1 is 1.31 bits per heavy atom. The van der Waals surface area contributed by atoms with Crippen molar-refractivity contribution in [1.29, 1.82) is 0 Å². The van der Waals surface area contributed by atoms with Gasteiger partial charge in [0.15, 0.2) is 0 Å². The number of benzene rings is 1. The Morgan fingerprint density at radius 3 is 2.77 bits per heavy atom. The summed E-state index contributed by atoms with van der Waals surface area (Å²) in [6.45, 7) is 3.35. The molecule has 0 aliphatic carbocycles. The highest BCUT2D eigenvalue weighted by Gasteiger charge is 2.14. The summed E-state index contributed by atoms with van der Waals surface area (Å²) in [6.07, 6.45) is 2.56. The molecule has 0 radical (unpaired) electrons. The van der Waals surface area contributed by atoms with Crippen LogP contribution in [0.15, 0.2) is 30.3 Å². The summed E-state index contributed by atoms with van der Waals surface area (Å²) < 4.78 is 0. The molecule has 0 saturated carbocycles. The molecule has 0 spiro atoms. The van der Waals surface area contributed by atoms with Gasteiger partial charge in [0.25, 0.3) is 0 Å². The second-order valence-corrected chi connectivity index (χ2v) is 3.66. The zero-order chi connectivity index (χ0) is 9.10. The molecule has 70 valence electrons. The van der Waals surface area contributed by atoms with Crippen LogP contribution in [0.5, 0.6) is 0 Å². The maximum absolute atomic E-state index is 3.47. The summed E-state index contributed by atoms with van der Waals surface area (Å²) in [7, 11) is 0. The Kier molecular flexibility index (Phi) is 2.50. The second-order valence-electron chi connectivity index (χ2n) is 3.66. The first kappa shape index (κ1) is 8.57. The standard InChI is InChI=1S/C11H16N2/c1-10-6-5-9-13(12-10)11-7-3-2-4-8-11/h2-4,7-8,10,12H,5-6,9H2,1H3/t10-/m1/s1. The number of hydrazine groups is 1. The molecule has 1 saturated heterocycles. The molecule has 1 N–H and O–H groups in total. The van der Waals surface area contributed by atoms with Crippen LogP contribution >= 0.6 is 0 Å². The van der Waals surface area contributed by atoms with Crippen LogP contribution in [0.3, 0.4) is 0 Å². The van der Waals surface area contributed by atoms with Gasteiger partial charge in [-0.1, -0.05) is 18.2 Å². The van der Waals surface area contributed by atoms with E-state index in [1.807, 2.05) is 0 Å². The van der Waals surface area contributed by atoms with E-state index in [1.165, 1.54) is 18.5 Å². The quantitative estimate of drug-likeness (QED) is 0.705. The third-order valence-electron chi connectivity index (χ3n) is 2.46. The number of nitrogens with zero attached hydrogens (tertiary/aromatic N) is 1. The average molecular weight is 176 g/mol. The lowest BCUT2D eigenvalue weighted by Crippen LogP contribution is -2.48. The molecule has 0 aromatic heterocycles. The minimum atomic E-state index is 0.606. The fourth-order valence-corrected chi connectivity index (χ4v) is 1.76. The van der Waals surface area contributed by atoms with Crippen molar-refractivity contribution < 1.29 is 0 Å². The minimum Gasteiger partial charge on any atom is -0.308 e. The van der Waals surface area contributed by atoms with Crippen LogP contribution in [-0.2, 0) is 0 Å². The lowest BCUT2D eigenvalue weighted by molar-refractivity contribution is 0.418. The maximum Gasteiger partial charge on any atom is 0.0519 e. The molecule has 0 unspecified atom stereocenters. The molecule has 1 aromatic carbocycles. The molecule has 2 heteroatoms. The second kappa shape index (κ2) is 3.79. The summed E-state index contributed by atoms with van der Waals surface area (Å²) in [4.78, 5) is 0. The van der Waals surface area contributed by atoms with Crippen LogP contribution in [0.25, 0.3) is 0 Å². The summed E-state index contributed by atoms with van der Waals surface area (Å²) in [6, 6.07) is 11.1. The highest BCUT2D eigenvalue weighted by Crippen LogP contribution is 2.16. The van der Waals surface area contributed by atoms with Gasteiger partial charge in [0.1, 0.15) is 0 Å². The SMILES string of the molecule is C[C@@H]1CCCN(c2ccccc2)N1. The van der Waals surface area contributed by atoms with Crippen molar-refractivity contribution in [2.45, 2.75) is 25.8 Å². The van der Waals surface area contributed by atoms with Gasteiger partial charge < -0.3 is 5.01 Å². The minimum absolute atomic E-state index is 0.606. The molecule has 1 fully saturated rings. The van der Waals surface area contributed by atoms with E-state index in [0.29, 0.717) is 6.04 Å². The van der Waals surface area contributed by atoms with E-state index >= 15 is 0 Å². The molecule has 1 heterocycles. The molecule has 1 atom stereocenters. The molecule has 1 aromatic rings. The van der Waals surface area contributed by atoms with Crippen molar-refractivity contribution in [3.8, 4) is 0 Å². The zero-order valence-corrected chi connectivity index (χ0v) is 8.03. The third kappa shape index (κ3) is 2.01. The molecule has 1 aliphatic rings. The van der Waals surface area contributed by atoms with Crippen LogP contribution in [0, 0.1) is 0 Å². The van der Waals surface area contributed by atoms with E-state index in [-0.39, 0.29) is 0 Å². The largest absolute Gasteiger partial charge is 0.308 e. The third-order valence-corrected chi connectivity index (χ3v) is 2.46. The van der Waals surface area contributed by atoms with Gasteiger partial charge in [0.05, 0.1) is 5.69 Å². The van der Waals surface area contributed by atoms with Crippen LogP contribution in [-0.4, -0.2) is 12.6 Å². The summed E-state index contributed by atoms with van der Waals surface area (Å²) >= 11 is 0. The average Bonchev–Trinajstić information content (AvgIpc) is 2.19. The van der Waals surface area contributed by atoms with E-state index in [9.17, 15) is 0 Å². The van der Waals surface area contributed by atoms with E-state index in [1.54, 1.807) is 0 Å².